The number of allylic oxidation sites excluding steroid dienone is 2. The Balaban J connectivity index is 0.00000484. The molecule has 9 rings (SSSR count). The highest BCUT2D eigenvalue weighted by molar-refractivity contribution is 6.43. The number of halogens is 2. The van der Waals surface area contributed by atoms with Gasteiger partial charge in [-0.25, -0.2) is 0 Å². The number of aliphatic hydroxyl groups is 1. The molecule has 5 aliphatic rings. The summed E-state index contributed by atoms with van der Waals surface area (Å²) in [6.07, 6.45) is 12.3. The topological polar surface area (TPSA) is 121 Å². The summed E-state index contributed by atoms with van der Waals surface area (Å²) < 4.78 is 21.1. The van der Waals surface area contributed by atoms with E-state index in [4.69, 9.17) is 4.98 Å². The van der Waals surface area contributed by atoms with Crippen LogP contribution >= 0.6 is 0 Å². The van der Waals surface area contributed by atoms with Crippen molar-refractivity contribution in [2.24, 2.45) is 0 Å². The van der Waals surface area contributed by atoms with Crippen LogP contribution in [0.5, 0.6) is 0 Å². The number of benzene rings is 2. The van der Waals surface area contributed by atoms with E-state index >= 15 is 4.32 Å². The minimum absolute atomic E-state index is 0. The number of carbonyl (C=O) groups excluding carboxylic acids is 2. The molecule has 2 amide bonds. The molecule has 305 valence electrons. The summed E-state index contributed by atoms with van der Waals surface area (Å²) in [5, 5.41) is 15.9. The molecule has 16 heteroatoms. The minimum Gasteiger partial charge on any atom is -0.515 e. The smallest absolute Gasteiger partial charge is 0.515 e. The molecule has 0 spiro atoms. The maximum Gasteiger partial charge on any atom is 0.533 e. The maximum atomic E-state index is 15.7. The SMILES string of the molecule is Cc1cc(C)n2c1C=C1C=CC(CCC(=O)N3CCN(C4CC=[N+]([C-](O)c5ccc([N-][c+]6[n-]cc7[c+]([n-]6)N(C)c6ccccc6C(=O)N7C)cc5)CC4)CC3)=[N+]1[B-]2F.F. The van der Waals surface area contributed by atoms with Crippen LogP contribution in [-0.2, 0) is 4.79 Å². The van der Waals surface area contributed by atoms with Crippen molar-refractivity contribution in [2.75, 3.05) is 56.6 Å². The Morgan fingerprint density at radius 1 is 1.08 bits per heavy atom. The van der Waals surface area contributed by atoms with Crippen molar-refractivity contribution in [2.45, 2.75) is 45.6 Å². The molecular weight excluding hydrogens is 753 g/mol. The average Bonchev–Trinajstić information content (AvgIpc) is 3.79. The number of fused-ring (bicyclic) bond motifs is 4. The van der Waals surface area contributed by atoms with Crippen LogP contribution in [0.1, 0.15) is 58.6 Å². The quantitative estimate of drug-likeness (QED) is 0.138. The lowest BCUT2D eigenvalue weighted by Gasteiger charge is -2.40. The number of hydrogen-bond donors (Lipinski definition) is 1. The molecule has 7 heterocycles. The van der Waals surface area contributed by atoms with Gasteiger partial charge < -0.3 is 38.6 Å². The first-order valence-corrected chi connectivity index (χ1v) is 19.9. The van der Waals surface area contributed by atoms with Crippen LogP contribution in [-0.4, -0.2) is 112 Å². The Hall–Kier alpha value is -6.13. The number of aliphatic hydroxyl groups excluding tert-OH is 1. The highest BCUT2D eigenvalue weighted by atomic mass is 19.1. The van der Waals surface area contributed by atoms with Crippen molar-refractivity contribution in [3.63, 3.8) is 0 Å². The van der Waals surface area contributed by atoms with E-state index in [0.717, 1.165) is 60.0 Å². The lowest BCUT2D eigenvalue weighted by atomic mass is 9.96. The van der Waals surface area contributed by atoms with Crippen LogP contribution in [0.3, 0.4) is 0 Å². The van der Waals surface area contributed by atoms with Gasteiger partial charge in [-0.1, -0.05) is 12.1 Å². The number of carbonyl (C=O) groups is 2. The van der Waals surface area contributed by atoms with Crippen LogP contribution in [0.15, 0.2) is 78.6 Å². The van der Waals surface area contributed by atoms with E-state index in [1.807, 2.05) is 102 Å². The summed E-state index contributed by atoms with van der Waals surface area (Å²) in [5.41, 5.74) is 7.76. The molecule has 1 N–H and O–H groups in total. The first-order chi connectivity index (χ1) is 28.0. The summed E-state index contributed by atoms with van der Waals surface area (Å²) in [4.78, 5) is 43.4. The number of hydrogen-bond acceptors (Lipinski definition) is 5. The van der Waals surface area contributed by atoms with Crippen molar-refractivity contribution in [1.82, 2.24) is 24.2 Å². The number of para-hydroxylation sites is 1. The summed E-state index contributed by atoms with van der Waals surface area (Å²) >= 11 is 0. The second-order valence-corrected chi connectivity index (χ2v) is 15.6. The molecule has 0 aliphatic carbocycles. The predicted molar refractivity (Wildman–Crippen MR) is 225 cm³/mol. The summed E-state index contributed by atoms with van der Waals surface area (Å²) in [7, 11) is 2.27. The number of rotatable bonds is 8. The molecule has 1 saturated heterocycles. The maximum absolute atomic E-state index is 15.7. The second kappa shape index (κ2) is 15.9. The fraction of sp³-hybridized carbons (Fsp3) is 0.326. The van der Waals surface area contributed by atoms with Gasteiger partial charge in [0.15, 0.2) is 11.4 Å². The molecule has 1 fully saturated rings. The molecule has 2 aromatic carbocycles. The largest absolute Gasteiger partial charge is 0.533 e. The van der Waals surface area contributed by atoms with Gasteiger partial charge in [0.05, 0.1) is 17.5 Å². The zero-order chi connectivity index (χ0) is 40.2. The average molecular weight is 801 g/mol. The van der Waals surface area contributed by atoms with Gasteiger partial charge in [0, 0.05) is 102 Å². The zero-order valence-electron chi connectivity index (χ0n) is 33.6. The summed E-state index contributed by atoms with van der Waals surface area (Å²) in [6, 6.07) is 17.1. The third kappa shape index (κ3) is 7.20. The van der Waals surface area contributed by atoms with Crippen molar-refractivity contribution >= 4 is 65.9 Å². The van der Waals surface area contributed by atoms with Crippen LogP contribution < -0.4 is 19.8 Å². The first-order valence-electron chi connectivity index (χ1n) is 19.9. The number of aromatic nitrogens is 3. The molecule has 5 aliphatic heterocycles. The van der Waals surface area contributed by atoms with E-state index in [-0.39, 0.29) is 28.7 Å². The molecule has 0 bridgehead atoms. The molecule has 59 heavy (non-hydrogen) atoms. The Morgan fingerprint density at radius 2 is 1.85 bits per heavy atom. The standard InChI is InChI=1S/C43H46BFN10O3.FH/c1-28-25-29(2)54-37(28)26-34-14-13-33(55(34)44(54)45)15-16-39(56)52-23-21-51(22-24-52)32-17-19-53(20-18-32)41(57)30-9-11-31(12-10-30)47-43-46-27-38-40(48-43)49(3)36-8-6-5-7-35(36)42(58)50(38)4;/h5-14,19,25-27,32,57H,15-18,20-24H2,1-4H3;1H/q-1;. The molecule has 4 aromatic rings. The molecule has 1 radical (unpaired) electrons. The fourth-order valence-corrected chi connectivity index (χ4v) is 8.86. The third-order valence-corrected chi connectivity index (χ3v) is 12.1. The number of nitrogens with zero attached hydrogens (tertiary/aromatic N) is 10. The third-order valence-electron chi connectivity index (χ3n) is 12.1. The lowest BCUT2D eigenvalue weighted by molar-refractivity contribution is -0.543. The first kappa shape index (κ1) is 39.7. The van der Waals surface area contributed by atoms with Crippen LogP contribution in [0.4, 0.5) is 37.8 Å². The Morgan fingerprint density at radius 3 is 2.59 bits per heavy atom. The van der Waals surface area contributed by atoms with Gasteiger partial charge in [-0.05, 0) is 66.7 Å². The van der Waals surface area contributed by atoms with Crippen molar-refractivity contribution in [3.05, 3.63) is 118 Å². The van der Waals surface area contributed by atoms with E-state index in [9.17, 15) is 14.7 Å². The highest BCUT2D eigenvalue weighted by Crippen LogP contribution is 2.39. The normalized spacial score (nSPS) is 19.0. The predicted octanol–water partition coefficient (Wildman–Crippen LogP) is 5.69. The fourth-order valence-electron chi connectivity index (χ4n) is 8.86. The molecular formula is C43H47BF2N10O3-. The summed E-state index contributed by atoms with van der Waals surface area (Å²) in [5.74, 6) is 0.814. The molecule has 0 saturated carbocycles. The van der Waals surface area contributed by atoms with Gasteiger partial charge in [0.2, 0.25) is 12.1 Å². The van der Waals surface area contributed by atoms with Gasteiger partial charge in [0.1, 0.15) is 18.1 Å². The Kier molecular flexibility index (Phi) is 10.7. The van der Waals surface area contributed by atoms with Crippen molar-refractivity contribution < 1.29 is 32.8 Å². The van der Waals surface area contributed by atoms with Crippen molar-refractivity contribution in [1.29, 1.82) is 0 Å². The molecule has 2 aromatic heterocycles. The highest BCUT2D eigenvalue weighted by Gasteiger charge is 2.35. The van der Waals surface area contributed by atoms with Gasteiger partial charge in [-0.15, -0.1) is 12.1 Å². The Labute approximate surface area is 342 Å². The van der Waals surface area contributed by atoms with E-state index in [0.29, 0.717) is 66.8 Å². The monoisotopic (exact) mass is 800 g/mol. The minimum atomic E-state index is -1.32. The van der Waals surface area contributed by atoms with Crippen LogP contribution in [0.2, 0.25) is 0 Å². The van der Waals surface area contributed by atoms with Gasteiger partial charge in [-0.2, -0.15) is 5.95 Å². The lowest BCUT2D eigenvalue weighted by Crippen LogP contribution is -2.53. The van der Waals surface area contributed by atoms with E-state index < -0.39 is 7.26 Å². The number of amides is 2. The van der Waals surface area contributed by atoms with Gasteiger partial charge >= 0.3 is 7.26 Å². The van der Waals surface area contributed by atoms with Gasteiger partial charge in [-0.3, -0.25) is 33.6 Å². The number of aryl methyl sites for hydroxylation is 2. The Bertz CT molecular complexity index is 2440. The number of piperazine rings is 1. The summed E-state index contributed by atoms with van der Waals surface area (Å²) in [6.45, 7) is 7.55. The van der Waals surface area contributed by atoms with Crippen molar-refractivity contribution in [3.8, 4) is 0 Å². The molecule has 1 unspecified atom stereocenters. The molecule has 13 nitrogen and oxygen atoms in total. The van der Waals surface area contributed by atoms with E-state index in [1.54, 1.807) is 33.2 Å². The van der Waals surface area contributed by atoms with E-state index in [2.05, 4.69) is 21.4 Å². The van der Waals surface area contributed by atoms with Gasteiger partial charge in [0.25, 0.3) is 5.91 Å². The number of anilines is 3. The van der Waals surface area contributed by atoms with Crippen LogP contribution in [0, 0.1) is 20.1 Å². The van der Waals surface area contributed by atoms with Crippen LogP contribution in [0.25, 0.3) is 11.4 Å². The zero-order valence-corrected chi connectivity index (χ0v) is 33.6. The second-order valence-electron chi connectivity index (χ2n) is 15.6. The van der Waals surface area contributed by atoms with E-state index in [1.165, 1.54) is 0 Å². The molecule has 1 atom stereocenters.